The number of nitrogens with one attached hydrogen (secondary N) is 2. The van der Waals surface area contributed by atoms with E-state index in [4.69, 9.17) is 9.47 Å². The SMILES string of the molecule is COc1cc(OC)cc(C(O)CNC(=O)[C@H]2CCN[C@@H](C)C2)c1.Cl. The molecule has 0 spiro atoms. The van der Waals surface area contributed by atoms with Gasteiger partial charge in [0.1, 0.15) is 11.5 Å². The fourth-order valence-corrected chi connectivity index (χ4v) is 2.85. The molecule has 1 aliphatic rings. The van der Waals surface area contributed by atoms with Gasteiger partial charge in [-0.25, -0.2) is 0 Å². The second-order valence-electron chi connectivity index (χ2n) is 5.98. The van der Waals surface area contributed by atoms with Crippen LogP contribution < -0.4 is 20.1 Å². The zero-order valence-corrected chi connectivity index (χ0v) is 15.2. The van der Waals surface area contributed by atoms with Crippen molar-refractivity contribution in [1.82, 2.24) is 10.6 Å². The monoisotopic (exact) mass is 358 g/mol. The van der Waals surface area contributed by atoms with Gasteiger partial charge < -0.3 is 25.2 Å². The molecule has 0 saturated carbocycles. The average Bonchev–Trinajstić information content (AvgIpc) is 2.58. The number of methoxy groups -OCH3 is 2. The number of carbonyl (C=O) groups excluding carboxylic acids is 1. The van der Waals surface area contributed by atoms with Crippen LogP contribution in [-0.4, -0.2) is 44.4 Å². The standard InChI is InChI=1S/C17H26N2O4.ClH/c1-11-6-12(4-5-18-11)17(21)19-10-16(20)13-7-14(22-2)9-15(8-13)23-3;/h7-9,11-12,16,18,20H,4-6,10H2,1-3H3,(H,19,21);1H/t11-,12-,16?;/m0./s1. The van der Waals surface area contributed by atoms with Crippen molar-refractivity contribution in [2.24, 2.45) is 5.92 Å². The summed E-state index contributed by atoms with van der Waals surface area (Å²) in [5, 5.41) is 16.5. The van der Waals surface area contributed by atoms with Crippen LogP contribution in [0.1, 0.15) is 31.4 Å². The molecule has 3 N–H and O–H groups in total. The van der Waals surface area contributed by atoms with Crippen LogP contribution in [0.3, 0.4) is 0 Å². The largest absolute Gasteiger partial charge is 0.497 e. The lowest BCUT2D eigenvalue weighted by molar-refractivity contribution is -0.126. The average molecular weight is 359 g/mol. The lowest BCUT2D eigenvalue weighted by Gasteiger charge is -2.27. The highest BCUT2D eigenvalue weighted by molar-refractivity contribution is 5.85. The van der Waals surface area contributed by atoms with Gasteiger partial charge >= 0.3 is 0 Å². The molecule has 1 fully saturated rings. The molecular formula is C17H27ClN2O4. The van der Waals surface area contributed by atoms with Crippen molar-refractivity contribution in [3.05, 3.63) is 23.8 Å². The highest BCUT2D eigenvalue weighted by Crippen LogP contribution is 2.26. The zero-order chi connectivity index (χ0) is 16.8. The predicted octanol–water partition coefficient (Wildman–Crippen LogP) is 1.66. The number of halogens is 1. The molecule has 0 aromatic heterocycles. The first-order valence-corrected chi connectivity index (χ1v) is 7.95. The van der Waals surface area contributed by atoms with Crippen molar-refractivity contribution in [3.8, 4) is 11.5 Å². The summed E-state index contributed by atoms with van der Waals surface area (Å²) in [6, 6.07) is 5.58. The highest BCUT2D eigenvalue weighted by atomic mass is 35.5. The van der Waals surface area contributed by atoms with E-state index in [1.54, 1.807) is 32.4 Å². The summed E-state index contributed by atoms with van der Waals surface area (Å²) < 4.78 is 10.4. The number of carbonyl (C=O) groups is 1. The summed E-state index contributed by atoms with van der Waals surface area (Å²) in [7, 11) is 3.12. The second kappa shape index (κ2) is 9.71. The maximum atomic E-state index is 12.2. The molecule has 0 aliphatic carbocycles. The van der Waals surface area contributed by atoms with Crippen LogP contribution in [-0.2, 0) is 4.79 Å². The van der Waals surface area contributed by atoms with E-state index < -0.39 is 6.10 Å². The fraction of sp³-hybridized carbons (Fsp3) is 0.588. The lowest BCUT2D eigenvalue weighted by atomic mass is 9.92. The minimum atomic E-state index is -0.804. The van der Waals surface area contributed by atoms with Crippen molar-refractivity contribution < 1.29 is 19.4 Å². The molecular weight excluding hydrogens is 332 g/mol. The molecule has 7 heteroatoms. The van der Waals surface area contributed by atoms with E-state index in [0.717, 1.165) is 19.4 Å². The van der Waals surface area contributed by atoms with Gasteiger partial charge in [0.05, 0.1) is 20.3 Å². The Morgan fingerprint density at radius 3 is 2.50 bits per heavy atom. The third-order valence-electron chi connectivity index (χ3n) is 4.22. The van der Waals surface area contributed by atoms with Gasteiger partial charge in [0.15, 0.2) is 0 Å². The van der Waals surface area contributed by atoms with Crippen LogP contribution in [0.15, 0.2) is 18.2 Å². The van der Waals surface area contributed by atoms with Gasteiger partial charge in [-0.3, -0.25) is 4.79 Å². The maximum Gasteiger partial charge on any atom is 0.223 e. The Morgan fingerprint density at radius 2 is 1.96 bits per heavy atom. The Morgan fingerprint density at radius 1 is 1.33 bits per heavy atom. The molecule has 136 valence electrons. The minimum Gasteiger partial charge on any atom is -0.497 e. The van der Waals surface area contributed by atoms with Crippen LogP contribution >= 0.6 is 12.4 Å². The van der Waals surface area contributed by atoms with E-state index in [1.807, 2.05) is 0 Å². The molecule has 2 rings (SSSR count). The third kappa shape index (κ3) is 5.54. The molecule has 1 aromatic carbocycles. The number of rotatable bonds is 6. The number of amides is 1. The predicted molar refractivity (Wildman–Crippen MR) is 95.0 cm³/mol. The lowest BCUT2D eigenvalue weighted by Crippen LogP contribution is -2.43. The number of benzene rings is 1. The topological polar surface area (TPSA) is 79.8 Å². The Hall–Kier alpha value is -1.50. The van der Waals surface area contributed by atoms with E-state index in [9.17, 15) is 9.90 Å². The van der Waals surface area contributed by atoms with Gasteiger partial charge in [0.2, 0.25) is 5.91 Å². The normalized spacial score (nSPS) is 21.3. The van der Waals surface area contributed by atoms with Gasteiger partial charge in [-0.15, -0.1) is 12.4 Å². The van der Waals surface area contributed by atoms with Crippen molar-refractivity contribution in [1.29, 1.82) is 0 Å². The molecule has 24 heavy (non-hydrogen) atoms. The van der Waals surface area contributed by atoms with Gasteiger partial charge in [-0.2, -0.15) is 0 Å². The molecule has 1 saturated heterocycles. The summed E-state index contributed by atoms with van der Waals surface area (Å²) in [6.45, 7) is 3.11. The molecule has 0 bridgehead atoms. The number of aliphatic hydroxyl groups excluding tert-OH is 1. The molecule has 1 aliphatic heterocycles. The molecule has 6 nitrogen and oxygen atoms in total. The first kappa shape index (κ1) is 20.5. The number of hydrogen-bond donors (Lipinski definition) is 3. The Balaban J connectivity index is 0.00000288. The number of ether oxygens (including phenoxy) is 2. The van der Waals surface area contributed by atoms with Gasteiger partial charge in [0.25, 0.3) is 0 Å². The fourth-order valence-electron chi connectivity index (χ4n) is 2.85. The van der Waals surface area contributed by atoms with Crippen molar-refractivity contribution in [3.63, 3.8) is 0 Å². The van der Waals surface area contributed by atoms with E-state index >= 15 is 0 Å². The van der Waals surface area contributed by atoms with Crippen molar-refractivity contribution in [2.75, 3.05) is 27.3 Å². The molecule has 0 radical (unpaired) electrons. The van der Waals surface area contributed by atoms with Crippen molar-refractivity contribution >= 4 is 18.3 Å². The summed E-state index contributed by atoms with van der Waals surface area (Å²) >= 11 is 0. The number of aliphatic hydroxyl groups is 1. The van der Waals surface area contributed by atoms with Crippen LogP contribution in [0.25, 0.3) is 0 Å². The van der Waals surface area contributed by atoms with Gasteiger partial charge in [-0.05, 0) is 44.0 Å². The minimum absolute atomic E-state index is 0. The molecule has 3 atom stereocenters. The maximum absolute atomic E-state index is 12.2. The van der Waals surface area contributed by atoms with Crippen LogP contribution in [0.5, 0.6) is 11.5 Å². The van der Waals surface area contributed by atoms with Crippen LogP contribution in [0.2, 0.25) is 0 Å². The first-order valence-electron chi connectivity index (χ1n) is 7.95. The van der Waals surface area contributed by atoms with Crippen LogP contribution in [0, 0.1) is 5.92 Å². The quantitative estimate of drug-likeness (QED) is 0.720. The number of piperidine rings is 1. The Bertz CT molecular complexity index is 519. The first-order chi connectivity index (χ1) is 11.0. The Labute approximate surface area is 149 Å². The Kier molecular flexibility index (Phi) is 8.31. The molecule has 1 heterocycles. The highest BCUT2D eigenvalue weighted by Gasteiger charge is 2.25. The van der Waals surface area contributed by atoms with Crippen molar-refractivity contribution in [2.45, 2.75) is 31.9 Å². The zero-order valence-electron chi connectivity index (χ0n) is 14.4. The molecule has 1 amide bonds. The van der Waals surface area contributed by atoms with E-state index in [0.29, 0.717) is 23.1 Å². The summed E-state index contributed by atoms with van der Waals surface area (Å²) in [5.41, 5.74) is 0.653. The summed E-state index contributed by atoms with van der Waals surface area (Å²) in [5.74, 6) is 1.24. The third-order valence-corrected chi connectivity index (χ3v) is 4.22. The number of hydrogen-bond acceptors (Lipinski definition) is 5. The molecule has 1 aromatic rings. The van der Waals surface area contributed by atoms with Gasteiger partial charge in [-0.1, -0.05) is 0 Å². The van der Waals surface area contributed by atoms with E-state index in [1.165, 1.54) is 0 Å². The van der Waals surface area contributed by atoms with E-state index in [2.05, 4.69) is 17.6 Å². The smallest absolute Gasteiger partial charge is 0.223 e. The van der Waals surface area contributed by atoms with Crippen LogP contribution in [0.4, 0.5) is 0 Å². The second-order valence-corrected chi connectivity index (χ2v) is 5.98. The molecule has 1 unspecified atom stereocenters. The van der Waals surface area contributed by atoms with E-state index in [-0.39, 0.29) is 30.8 Å². The van der Waals surface area contributed by atoms with Gasteiger partial charge in [0, 0.05) is 24.6 Å². The summed E-state index contributed by atoms with van der Waals surface area (Å²) in [4.78, 5) is 12.2. The summed E-state index contributed by atoms with van der Waals surface area (Å²) in [6.07, 6.45) is 0.857.